The molecule has 4 heterocycles. The van der Waals surface area contributed by atoms with Crippen molar-refractivity contribution in [1.29, 1.82) is 0 Å². The average molecular weight is 416 g/mol. The number of imidazole rings is 1. The van der Waals surface area contributed by atoms with Crippen molar-refractivity contribution in [2.24, 2.45) is 0 Å². The summed E-state index contributed by atoms with van der Waals surface area (Å²) in [6.07, 6.45) is 6.11. The number of benzene rings is 1. The summed E-state index contributed by atoms with van der Waals surface area (Å²) in [4.78, 5) is 26.1. The molecule has 158 valence electrons. The molecule has 4 aromatic rings. The highest BCUT2D eigenvalue weighted by molar-refractivity contribution is 5.75. The van der Waals surface area contributed by atoms with E-state index < -0.39 is 0 Å². The van der Waals surface area contributed by atoms with Crippen molar-refractivity contribution in [3.05, 3.63) is 71.0 Å². The molecule has 0 amide bonds. The van der Waals surface area contributed by atoms with Crippen LogP contribution in [-0.4, -0.2) is 45.7 Å². The van der Waals surface area contributed by atoms with Crippen molar-refractivity contribution < 1.29 is 4.74 Å². The molecule has 1 aliphatic rings. The van der Waals surface area contributed by atoms with Gasteiger partial charge in [0.1, 0.15) is 0 Å². The van der Waals surface area contributed by atoms with Crippen molar-refractivity contribution >= 4 is 22.8 Å². The number of ether oxygens (including phenoxy) is 1. The van der Waals surface area contributed by atoms with E-state index in [2.05, 4.69) is 60.8 Å². The lowest BCUT2D eigenvalue weighted by atomic mass is 10.2. The van der Waals surface area contributed by atoms with Crippen LogP contribution in [0.2, 0.25) is 0 Å². The largest absolute Gasteiger partial charge is 0.378 e. The first kappa shape index (κ1) is 19.3. The van der Waals surface area contributed by atoms with Crippen molar-refractivity contribution in [2.45, 2.75) is 13.3 Å². The molecule has 2 N–H and O–H groups in total. The second kappa shape index (κ2) is 8.23. The van der Waals surface area contributed by atoms with E-state index in [0.717, 1.165) is 61.0 Å². The molecule has 1 aromatic carbocycles. The molecule has 8 heteroatoms. The van der Waals surface area contributed by atoms with E-state index in [1.807, 2.05) is 12.3 Å². The zero-order valence-corrected chi connectivity index (χ0v) is 17.3. The zero-order valence-electron chi connectivity index (χ0n) is 17.3. The second-order valence-electron chi connectivity index (χ2n) is 7.47. The first-order chi connectivity index (χ1) is 15.2. The van der Waals surface area contributed by atoms with Gasteiger partial charge in [-0.2, -0.15) is 0 Å². The Hall–Kier alpha value is -3.65. The van der Waals surface area contributed by atoms with E-state index in [0.29, 0.717) is 5.82 Å². The van der Waals surface area contributed by atoms with Crippen LogP contribution in [0.15, 0.2) is 59.8 Å². The van der Waals surface area contributed by atoms with Crippen LogP contribution in [0.25, 0.3) is 16.9 Å². The van der Waals surface area contributed by atoms with Gasteiger partial charge in [0.25, 0.3) is 0 Å². The maximum absolute atomic E-state index is 11.8. The number of aromatic amines is 1. The number of morpholine rings is 1. The van der Waals surface area contributed by atoms with Crippen LogP contribution < -0.4 is 15.8 Å². The van der Waals surface area contributed by atoms with Crippen LogP contribution >= 0.6 is 0 Å². The molecule has 0 unspecified atom stereocenters. The summed E-state index contributed by atoms with van der Waals surface area (Å²) in [5.74, 6) is 0.674. The average Bonchev–Trinajstić information content (AvgIpc) is 3.25. The summed E-state index contributed by atoms with van der Waals surface area (Å²) in [7, 11) is 0. The molecule has 0 atom stereocenters. The first-order valence-electron chi connectivity index (χ1n) is 10.5. The van der Waals surface area contributed by atoms with Gasteiger partial charge in [-0.1, -0.05) is 6.92 Å². The number of H-pyrrole nitrogens is 1. The fourth-order valence-corrected chi connectivity index (χ4v) is 3.92. The van der Waals surface area contributed by atoms with Gasteiger partial charge in [-0.25, -0.2) is 9.97 Å². The van der Waals surface area contributed by atoms with Crippen LogP contribution in [0.5, 0.6) is 0 Å². The molecule has 0 spiro atoms. The standard InChI is InChI=1S/C23H24N6O2/c1-2-18-14-26-23-22(25-15-20(29(18)23)16-7-8-24-21(30)13-16)27-17-3-5-19(6-4-17)28-9-11-31-12-10-28/h3-8,13-15H,2,9-12H2,1H3,(H,24,30)(H,25,27). The highest BCUT2D eigenvalue weighted by Gasteiger charge is 2.15. The van der Waals surface area contributed by atoms with Gasteiger partial charge in [0.05, 0.1) is 25.1 Å². The quantitative estimate of drug-likeness (QED) is 0.519. The lowest BCUT2D eigenvalue weighted by Crippen LogP contribution is -2.36. The molecule has 0 bridgehead atoms. The molecular formula is C23H24N6O2. The van der Waals surface area contributed by atoms with E-state index in [4.69, 9.17) is 4.74 Å². The van der Waals surface area contributed by atoms with Gasteiger partial charge >= 0.3 is 0 Å². The Morgan fingerprint density at radius 3 is 2.65 bits per heavy atom. The molecule has 3 aromatic heterocycles. The molecule has 5 rings (SSSR count). The minimum Gasteiger partial charge on any atom is -0.378 e. The van der Waals surface area contributed by atoms with Crippen LogP contribution in [0.1, 0.15) is 12.6 Å². The molecule has 0 aliphatic carbocycles. The molecular weight excluding hydrogens is 392 g/mol. The number of hydrogen-bond donors (Lipinski definition) is 2. The van der Waals surface area contributed by atoms with Crippen LogP contribution in [0, 0.1) is 0 Å². The predicted molar refractivity (Wildman–Crippen MR) is 121 cm³/mol. The molecule has 1 fully saturated rings. The SMILES string of the molecule is CCc1cnc2c(Nc3ccc(N4CCOCC4)cc3)ncc(-c3cc[nH]c(=O)c3)n12. The Kier molecular flexibility index (Phi) is 5.13. The fourth-order valence-electron chi connectivity index (χ4n) is 3.92. The minimum atomic E-state index is -0.147. The topological polar surface area (TPSA) is 87.5 Å². The van der Waals surface area contributed by atoms with Crippen LogP contribution in [0.3, 0.4) is 0 Å². The van der Waals surface area contributed by atoms with Gasteiger partial charge in [-0.3, -0.25) is 9.20 Å². The fraction of sp³-hybridized carbons (Fsp3) is 0.261. The number of rotatable bonds is 5. The number of hydrogen-bond acceptors (Lipinski definition) is 6. The summed E-state index contributed by atoms with van der Waals surface area (Å²) in [6.45, 7) is 5.44. The summed E-state index contributed by atoms with van der Waals surface area (Å²) >= 11 is 0. The summed E-state index contributed by atoms with van der Waals surface area (Å²) in [6, 6.07) is 11.8. The Morgan fingerprint density at radius 1 is 1.10 bits per heavy atom. The lowest BCUT2D eigenvalue weighted by molar-refractivity contribution is 0.122. The third-order valence-electron chi connectivity index (χ3n) is 5.54. The van der Waals surface area contributed by atoms with Gasteiger partial charge < -0.3 is 19.9 Å². The van der Waals surface area contributed by atoms with E-state index in [9.17, 15) is 4.79 Å². The van der Waals surface area contributed by atoms with E-state index >= 15 is 0 Å². The molecule has 8 nitrogen and oxygen atoms in total. The van der Waals surface area contributed by atoms with E-state index in [1.165, 1.54) is 5.69 Å². The maximum atomic E-state index is 11.8. The molecule has 0 saturated carbocycles. The number of aryl methyl sites for hydroxylation is 1. The molecule has 0 radical (unpaired) electrons. The van der Waals surface area contributed by atoms with E-state index in [-0.39, 0.29) is 5.56 Å². The van der Waals surface area contributed by atoms with Crippen molar-refractivity contribution in [3.8, 4) is 11.3 Å². The van der Waals surface area contributed by atoms with Crippen molar-refractivity contribution in [3.63, 3.8) is 0 Å². The summed E-state index contributed by atoms with van der Waals surface area (Å²) in [5.41, 5.74) is 5.40. The summed E-state index contributed by atoms with van der Waals surface area (Å²) in [5, 5.41) is 3.40. The Morgan fingerprint density at radius 2 is 1.90 bits per heavy atom. The third kappa shape index (κ3) is 3.77. The predicted octanol–water partition coefficient (Wildman–Crippen LogP) is 3.23. The molecule has 1 aliphatic heterocycles. The normalized spacial score (nSPS) is 14.2. The van der Waals surface area contributed by atoms with Crippen molar-refractivity contribution in [1.82, 2.24) is 19.4 Å². The number of nitrogens with zero attached hydrogens (tertiary/aromatic N) is 4. The van der Waals surface area contributed by atoms with Crippen LogP contribution in [-0.2, 0) is 11.2 Å². The number of pyridine rings is 1. The van der Waals surface area contributed by atoms with Crippen molar-refractivity contribution in [2.75, 3.05) is 36.5 Å². The number of fused-ring (bicyclic) bond motifs is 1. The van der Waals surface area contributed by atoms with E-state index in [1.54, 1.807) is 18.5 Å². The van der Waals surface area contributed by atoms with Gasteiger partial charge in [-0.15, -0.1) is 0 Å². The zero-order chi connectivity index (χ0) is 21.2. The number of nitrogens with one attached hydrogen (secondary N) is 2. The van der Waals surface area contributed by atoms with Gasteiger partial charge in [-0.05, 0) is 36.8 Å². The minimum absolute atomic E-state index is 0.147. The van der Waals surface area contributed by atoms with Gasteiger partial charge in [0, 0.05) is 54.2 Å². The highest BCUT2D eigenvalue weighted by Crippen LogP contribution is 2.27. The lowest BCUT2D eigenvalue weighted by Gasteiger charge is -2.28. The Bertz CT molecular complexity index is 1260. The maximum Gasteiger partial charge on any atom is 0.248 e. The van der Waals surface area contributed by atoms with Gasteiger partial charge in [0.2, 0.25) is 5.56 Å². The first-order valence-corrected chi connectivity index (χ1v) is 10.5. The number of aromatic nitrogens is 4. The summed E-state index contributed by atoms with van der Waals surface area (Å²) < 4.78 is 7.50. The second-order valence-corrected chi connectivity index (χ2v) is 7.47. The Labute approximate surface area is 179 Å². The smallest absolute Gasteiger partial charge is 0.248 e. The number of anilines is 3. The molecule has 1 saturated heterocycles. The van der Waals surface area contributed by atoms with Crippen LogP contribution in [0.4, 0.5) is 17.2 Å². The molecule has 31 heavy (non-hydrogen) atoms. The monoisotopic (exact) mass is 416 g/mol. The Balaban J connectivity index is 1.49. The highest BCUT2D eigenvalue weighted by atomic mass is 16.5. The van der Waals surface area contributed by atoms with Gasteiger partial charge in [0.15, 0.2) is 11.5 Å². The third-order valence-corrected chi connectivity index (χ3v) is 5.54.